The van der Waals surface area contributed by atoms with Gasteiger partial charge in [0.25, 0.3) is 0 Å². The van der Waals surface area contributed by atoms with Crippen LogP contribution in [0.4, 0.5) is 0 Å². The third-order valence-electron chi connectivity index (χ3n) is 2.78. The Kier molecular flexibility index (Phi) is 3.48. The Bertz CT molecular complexity index is 555. The van der Waals surface area contributed by atoms with E-state index >= 15 is 0 Å². The summed E-state index contributed by atoms with van der Waals surface area (Å²) in [4.78, 5) is 11.9. The van der Waals surface area contributed by atoms with Gasteiger partial charge >= 0.3 is 0 Å². The summed E-state index contributed by atoms with van der Waals surface area (Å²) in [7, 11) is 0. The van der Waals surface area contributed by atoms with Crippen molar-refractivity contribution in [2.75, 3.05) is 0 Å². The van der Waals surface area contributed by atoms with E-state index in [2.05, 4.69) is 22.9 Å². The molecule has 2 rings (SSSR count). The Labute approximate surface area is 109 Å². The normalized spacial score (nSPS) is 10.5. The van der Waals surface area contributed by atoms with Crippen LogP contribution in [0, 0.1) is 13.8 Å². The first-order valence-electron chi connectivity index (χ1n) is 5.41. The van der Waals surface area contributed by atoms with E-state index in [-0.39, 0.29) is 5.78 Å². The molecule has 0 bridgehead atoms. The molecule has 0 aliphatic rings. The van der Waals surface area contributed by atoms with E-state index in [0.29, 0.717) is 16.9 Å². The minimum atomic E-state index is -0.000969. The topological polar surface area (TPSA) is 30.2 Å². The molecule has 0 aliphatic carbocycles. The van der Waals surface area contributed by atoms with Crippen molar-refractivity contribution >= 4 is 21.7 Å². The number of furan rings is 1. The molecule has 1 aromatic carbocycles. The zero-order valence-corrected chi connectivity index (χ0v) is 11.4. The highest BCUT2D eigenvalue weighted by Gasteiger charge is 2.11. The van der Waals surface area contributed by atoms with Gasteiger partial charge in [-0.05, 0) is 58.6 Å². The highest BCUT2D eigenvalue weighted by atomic mass is 79.9. The quantitative estimate of drug-likeness (QED) is 0.798. The van der Waals surface area contributed by atoms with Crippen LogP contribution in [0.1, 0.15) is 27.2 Å². The third-order valence-corrected chi connectivity index (χ3v) is 3.21. The number of hydrogen-bond acceptors (Lipinski definition) is 2. The Hall–Kier alpha value is -1.35. The molecule has 1 aromatic heterocycles. The van der Waals surface area contributed by atoms with Crippen molar-refractivity contribution in [1.82, 2.24) is 0 Å². The number of halogens is 1. The van der Waals surface area contributed by atoms with Crippen molar-refractivity contribution < 1.29 is 9.21 Å². The highest BCUT2D eigenvalue weighted by Crippen LogP contribution is 2.17. The molecule has 0 N–H and O–H groups in total. The summed E-state index contributed by atoms with van der Waals surface area (Å²) in [6.07, 6.45) is 0.376. The largest absolute Gasteiger partial charge is 0.446 e. The molecule has 0 amide bonds. The molecule has 2 aromatic rings. The first kappa shape index (κ1) is 12.1. The zero-order valence-electron chi connectivity index (χ0n) is 9.79. The third kappa shape index (κ3) is 2.86. The Morgan fingerprint density at radius 1 is 1.18 bits per heavy atom. The second kappa shape index (κ2) is 4.88. The predicted molar refractivity (Wildman–Crippen MR) is 70.4 cm³/mol. The maximum atomic E-state index is 11.9. The summed E-state index contributed by atoms with van der Waals surface area (Å²) < 4.78 is 5.82. The van der Waals surface area contributed by atoms with Gasteiger partial charge in [0.15, 0.2) is 10.4 Å². The number of aryl methyl sites for hydroxylation is 2. The van der Waals surface area contributed by atoms with Crippen molar-refractivity contribution in [1.29, 1.82) is 0 Å². The van der Waals surface area contributed by atoms with E-state index in [9.17, 15) is 4.79 Å². The lowest BCUT2D eigenvalue weighted by Gasteiger charge is -2.03. The monoisotopic (exact) mass is 292 g/mol. The molecule has 0 saturated carbocycles. The lowest BCUT2D eigenvalue weighted by Crippen LogP contribution is -2.02. The smallest absolute Gasteiger partial charge is 0.202 e. The first-order chi connectivity index (χ1) is 8.06. The SMILES string of the molecule is Cc1ccc(CC(=O)c2ccc(Br)o2)cc1C. The van der Waals surface area contributed by atoms with Crippen molar-refractivity contribution in [2.24, 2.45) is 0 Å². The molecule has 0 radical (unpaired) electrons. The van der Waals surface area contributed by atoms with Crippen LogP contribution in [0.3, 0.4) is 0 Å². The molecule has 1 heterocycles. The first-order valence-corrected chi connectivity index (χ1v) is 6.20. The molecule has 3 heteroatoms. The molecule has 0 atom stereocenters. The number of ketones is 1. The summed E-state index contributed by atoms with van der Waals surface area (Å²) in [5.74, 6) is 0.397. The summed E-state index contributed by atoms with van der Waals surface area (Å²) in [6.45, 7) is 4.11. The average Bonchev–Trinajstić information content (AvgIpc) is 2.70. The summed E-state index contributed by atoms with van der Waals surface area (Å²) in [5.41, 5.74) is 3.46. The second-order valence-corrected chi connectivity index (χ2v) is 4.90. The van der Waals surface area contributed by atoms with Crippen LogP contribution in [0.25, 0.3) is 0 Å². The fourth-order valence-electron chi connectivity index (χ4n) is 1.65. The number of Topliss-reactive ketones (excluding diaryl/α,β-unsaturated/α-hetero) is 1. The van der Waals surface area contributed by atoms with Gasteiger partial charge in [0, 0.05) is 6.42 Å². The van der Waals surface area contributed by atoms with E-state index in [1.807, 2.05) is 25.1 Å². The molecule has 0 spiro atoms. The van der Waals surface area contributed by atoms with E-state index < -0.39 is 0 Å². The van der Waals surface area contributed by atoms with E-state index in [1.54, 1.807) is 12.1 Å². The predicted octanol–water partition coefficient (Wildman–Crippen LogP) is 4.08. The van der Waals surface area contributed by atoms with Gasteiger partial charge in [-0.2, -0.15) is 0 Å². The molecule has 0 fully saturated rings. The molecule has 0 saturated heterocycles. The van der Waals surface area contributed by atoms with Crippen molar-refractivity contribution in [3.8, 4) is 0 Å². The zero-order chi connectivity index (χ0) is 12.4. The van der Waals surface area contributed by atoms with Crippen LogP contribution in [0.15, 0.2) is 39.4 Å². The van der Waals surface area contributed by atoms with Crippen LogP contribution in [-0.2, 0) is 6.42 Å². The van der Waals surface area contributed by atoms with Gasteiger partial charge in [-0.3, -0.25) is 4.79 Å². The van der Waals surface area contributed by atoms with Crippen LogP contribution in [0.2, 0.25) is 0 Å². The van der Waals surface area contributed by atoms with Gasteiger partial charge in [0.05, 0.1) is 0 Å². The summed E-state index contributed by atoms with van der Waals surface area (Å²) in [5, 5.41) is 0. The fourth-order valence-corrected chi connectivity index (χ4v) is 1.96. The van der Waals surface area contributed by atoms with Crippen molar-refractivity contribution in [3.05, 3.63) is 57.5 Å². The Morgan fingerprint density at radius 2 is 1.94 bits per heavy atom. The van der Waals surface area contributed by atoms with Gasteiger partial charge in [0.2, 0.25) is 5.78 Å². The number of carbonyl (C=O) groups excluding carboxylic acids is 1. The lowest BCUT2D eigenvalue weighted by molar-refractivity contribution is 0.0965. The second-order valence-electron chi connectivity index (χ2n) is 4.12. The molecular weight excluding hydrogens is 280 g/mol. The molecular formula is C14H13BrO2. The van der Waals surface area contributed by atoms with Gasteiger partial charge in [-0.25, -0.2) is 0 Å². The fraction of sp³-hybridized carbons (Fsp3) is 0.214. The van der Waals surface area contributed by atoms with Crippen molar-refractivity contribution in [2.45, 2.75) is 20.3 Å². The number of hydrogen-bond donors (Lipinski definition) is 0. The van der Waals surface area contributed by atoms with Crippen LogP contribution in [-0.4, -0.2) is 5.78 Å². The van der Waals surface area contributed by atoms with Gasteiger partial charge in [-0.1, -0.05) is 18.2 Å². The van der Waals surface area contributed by atoms with E-state index in [0.717, 1.165) is 5.56 Å². The van der Waals surface area contributed by atoms with E-state index in [1.165, 1.54) is 11.1 Å². The lowest BCUT2D eigenvalue weighted by atomic mass is 10.0. The maximum absolute atomic E-state index is 11.9. The summed E-state index contributed by atoms with van der Waals surface area (Å²) in [6, 6.07) is 9.49. The van der Waals surface area contributed by atoms with E-state index in [4.69, 9.17) is 4.42 Å². The molecule has 17 heavy (non-hydrogen) atoms. The molecule has 88 valence electrons. The number of carbonyl (C=O) groups is 1. The highest BCUT2D eigenvalue weighted by molar-refractivity contribution is 9.10. The van der Waals surface area contributed by atoms with Crippen LogP contribution >= 0.6 is 15.9 Å². The Balaban J connectivity index is 2.15. The van der Waals surface area contributed by atoms with Gasteiger partial charge in [-0.15, -0.1) is 0 Å². The Morgan fingerprint density at radius 3 is 2.53 bits per heavy atom. The minimum absolute atomic E-state index is 0.000969. The number of rotatable bonds is 3. The van der Waals surface area contributed by atoms with Gasteiger partial charge in [0.1, 0.15) is 0 Å². The molecule has 0 aliphatic heterocycles. The van der Waals surface area contributed by atoms with Crippen LogP contribution in [0.5, 0.6) is 0 Å². The standard InChI is InChI=1S/C14H13BrO2/c1-9-3-4-11(7-10(9)2)8-12(16)13-5-6-14(15)17-13/h3-7H,8H2,1-2H3. The van der Waals surface area contributed by atoms with Crippen molar-refractivity contribution in [3.63, 3.8) is 0 Å². The van der Waals surface area contributed by atoms with Gasteiger partial charge < -0.3 is 4.42 Å². The molecule has 0 unspecified atom stereocenters. The average molecular weight is 293 g/mol. The minimum Gasteiger partial charge on any atom is -0.446 e. The maximum Gasteiger partial charge on any atom is 0.202 e. The molecule has 2 nitrogen and oxygen atoms in total. The van der Waals surface area contributed by atoms with Crippen LogP contribution < -0.4 is 0 Å². The summed E-state index contributed by atoms with van der Waals surface area (Å²) >= 11 is 3.19. The number of benzene rings is 1.